The van der Waals surface area contributed by atoms with Gasteiger partial charge in [-0.1, -0.05) is 45.8 Å². The van der Waals surface area contributed by atoms with Crippen molar-refractivity contribution in [3.05, 3.63) is 62.6 Å². The van der Waals surface area contributed by atoms with E-state index in [0.717, 1.165) is 29.6 Å². The molecule has 2 nitrogen and oxygen atoms in total. The second-order valence-electron chi connectivity index (χ2n) is 6.57. The number of hydrogen-bond donors (Lipinski definition) is 0. The summed E-state index contributed by atoms with van der Waals surface area (Å²) in [5.41, 5.74) is 6.87. The molecule has 0 bridgehead atoms. The number of hydrogen-bond acceptors (Lipinski definition) is 2. The van der Waals surface area contributed by atoms with Gasteiger partial charge < -0.3 is 4.74 Å². The van der Waals surface area contributed by atoms with Gasteiger partial charge in [-0.3, -0.25) is 4.90 Å². The van der Waals surface area contributed by atoms with Crippen molar-refractivity contribution in [1.29, 1.82) is 0 Å². The summed E-state index contributed by atoms with van der Waals surface area (Å²) in [4.78, 5) is 2.48. The maximum atomic E-state index is 5.42. The van der Waals surface area contributed by atoms with Gasteiger partial charge in [0.2, 0.25) is 0 Å². The standard InChI is InChI=1S/C20H24BrNO/c1-13-5-6-17-15(9-13)7-8-22(3)19(17)11-16-10-14(2)20(23-4)12-18(16)21/h5-6,9-10,12,19H,7-8,11H2,1-4H3. The summed E-state index contributed by atoms with van der Waals surface area (Å²) in [6, 6.07) is 11.7. The number of likely N-dealkylation sites (N-methyl/N-ethyl adjacent to an activating group) is 1. The maximum absolute atomic E-state index is 5.42. The average Bonchev–Trinajstić information content (AvgIpc) is 2.53. The molecule has 0 saturated carbocycles. The third kappa shape index (κ3) is 3.31. The Morgan fingerprint density at radius 1 is 1.22 bits per heavy atom. The van der Waals surface area contributed by atoms with Crippen molar-refractivity contribution in [3.63, 3.8) is 0 Å². The first-order chi connectivity index (χ1) is 11.0. The molecule has 3 heteroatoms. The van der Waals surface area contributed by atoms with Crippen LogP contribution in [0.15, 0.2) is 34.8 Å². The molecule has 0 N–H and O–H groups in total. The van der Waals surface area contributed by atoms with Crippen LogP contribution in [-0.2, 0) is 12.8 Å². The molecule has 1 unspecified atom stereocenters. The Hall–Kier alpha value is -1.32. The lowest BCUT2D eigenvalue weighted by molar-refractivity contribution is 0.229. The lowest BCUT2D eigenvalue weighted by atomic mass is 9.88. The fraction of sp³-hybridized carbons (Fsp3) is 0.400. The Morgan fingerprint density at radius 3 is 2.74 bits per heavy atom. The van der Waals surface area contributed by atoms with Crippen LogP contribution < -0.4 is 4.74 Å². The number of nitrogens with zero attached hydrogens (tertiary/aromatic N) is 1. The third-order valence-electron chi connectivity index (χ3n) is 4.90. The second kappa shape index (κ2) is 6.66. The topological polar surface area (TPSA) is 12.5 Å². The minimum absolute atomic E-state index is 0.434. The highest BCUT2D eigenvalue weighted by Crippen LogP contribution is 2.35. The summed E-state index contributed by atoms with van der Waals surface area (Å²) >= 11 is 3.72. The summed E-state index contributed by atoms with van der Waals surface area (Å²) < 4.78 is 6.55. The van der Waals surface area contributed by atoms with E-state index < -0.39 is 0 Å². The van der Waals surface area contributed by atoms with E-state index in [1.807, 2.05) is 0 Å². The van der Waals surface area contributed by atoms with Crippen molar-refractivity contribution >= 4 is 15.9 Å². The van der Waals surface area contributed by atoms with Gasteiger partial charge in [0.1, 0.15) is 5.75 Å². The zero-order chi connectivity index (χ0) is 16.6. The number of rotatable bonds is 3. The van der Waals surface area contributed by atoms with Crippen molar-refractivity contribution in [2.24, 2.45) is 0 Å². The van der Waals surface area contributed by atoms with Crippen LogP contribution in [0.4, 0.5) is 0 Å². The lowest BCUT2D eigenvalue weighted by Crippen LogP contribution is -2.33. The maximum Gasteiger partial charge on any atom is 0.122 e. The fourth-order valence-corrected chi connectivity index (χ4v) is 4.02. The molecular formula is C20H24BrNO. The number of methoxy groups -OCH3 is 1. The Labute approximate surface area is 147 Å². The molecular weight excluding hydrogens is 350 g/mol. The van der Waals surface area contributed by atoms with Gasteiger partial charge in [0, 0.05) is 17.1 Å². The molecule has 0 radical (unpaired) electrons. The van der Waals surface area contributed by atoms with Crippen LogP contribution >= 0.6 is 15.9 Å². The molecule has 2 aromatic carbocycles. The van der Waals surface area contributed by atoms with Crippen LogP contribution in [0.5, 0.6) is 5.75 Å². The predicted molar refractivity (Wildman–Crippen MR) is 99.4 cm³/mol. The molecule has 1 atom stereocenters. The van der Waals surface area contributed by atoms with Gasteiger partial charge in [0.15, 0.2) is 0 Å². The number of benzene rings is 2. The quantitative estimate of drug-likeness (QED) is 0.762. The normalized spacial score (nSPS) is 17.9. The molecule has 0 saturated heterocycles. The Morgan fingerprint density at radius 2 is 2.00 bits per heavy atom. The molecule has 0 amide bonds. The first-order valence-corrected chi connectivity index (χ1v) is 8.91. The van der Waals surface area contributed by atoms with Gasteiger partial charge in [0.05, 0.1) is 7.11 Å². The Balaban J connectivity index is 1.95. The number of halogens is 1. The highest BCUT2D eigenvalue weighted by Gasteiger charge is 2.25. The largest absolute Gasteiger partial charge is 0.496 e. The van der Waals surface area contributed by atoms with E-state index in [1.54, 1.807) is 7.11 Å². The molecule has 2 aromatic rings. The van der Waals surface area contributed by atoms with Gasteiger partial charge >= 0.3 is 0 Å². The molecule has 1 aliphatic rings. The van der Waals surface area contributed by atoms with E-state index in [-0.39, 0.29) is 0 Å². The van der Waals surface area contributed by atoms with Crippen molar-refractivity contribution in [3.8, 4) is 5.75 Å². The van der Waals surface area contributed by atoms with Crippen LogP contribution in [0, 0.1) is 13.8 Å². The molecule has 0 aliphatic carbocycles. The Bertz CT molecular complexity index is 726. The smallest absolute Gasteiger partial charge is 0.122 e. The Kier molecular flexibility index (Phi) is 4.79. The van der Waals surface area contributed by atoms with Gasteiger partial charge in [-0.25, -0.2) is 0 Å². The summed E-state index contributed by atoms with van der Waals surface area (Å²) in [7, 11) is 3.96. The summed E-state index contributed by atoms with van der Waals surface area (Å²) in [5, 5.41) is 0. The van der Waals surface area contributed by atoms with Crippen molar-refractivity contribution < 1.29 is 4.74 Å². The highest BCUT2D eigenvalue weighted by atomic mass is 79.9. The van der Waals surface area contributed by atoms with E-state index >= 15 is 0 Å². The van der Waals surface area contributed by atoms with E-state index in [0.29, 0.717) is 6.04 Å². The van der Waals surface area contributed by atoms with E-state index in [9.17, 15) is 0 Å². The predicted octanol–water partition coefficient (Wildman–Crippen LogP) is 4.85. The van der Waals surface area contributed by atoms with Crippen LogP contribution in [0.1, 0.15) is 33.9 Å². The molecule has 0 aromatic heterocycles. The first-order valence-electron chi connectivity index (χ1n) is 8.12. The summed E-state index contributed by atoms with van der Waals surface area (Å²) in [6.07, 6.45) is 2.16. The lowest BCUT2D eigenvalue weighted by Gasteiger charge is -2.35. The van der Waals surface area contributed by atoms with E-state index in [1.165, 1.54) is 27.8 Å². The SMILES string of the molecule is COc1cc(Br)c(CC2c3ccc(C)cc3CCN2C)cc1C. The highest BCUT2D eigenvalue weighted by molar-refractivity contribution is 9.10. The number of ether oxygens (including phenoxy) is 1. The van der Waals surface area contributed by atoms with Gasteiger partial charge in [0.25, 0.3) is 0 Å². The van der Waals surface area contributed by atoms with Gasteiger partial charge in [-0.05, 0) is 62.1 Å². The zero-order valence-electron chi connectivity index (χ0n) is 14.3. The van der Waals surface area contributed by atoms with Crippen molar-refractivity contribution in [2.75, 3.05) is 20.7 Å². The average molecular weight is 374 g/mol. The molecule has 122 valence electrons. The van der Waals surface area contributed by atoms with E-state index in [4.69, 9.17) is 4.74 Å². The minimum Gasteiger partial charge on any atom is -0.496 e. The minimum atomic E-state index is 0.434. The van der Waals surface area contributed by atoms with Crippen LogP contribution in [0.2, 0.25) is 0 Å². The van der Waals surface area contributed by atoms with Crippen molar-refractivity contribution in [1.82, 2.24) is 4.90 Å². The summed E-state index contributed by atoms with van der Waals surface area (Å²) in [5.74, 6) is 0.939. The number of fused-ring (bicyclic) bond motifs is 1. The van der Waals surface area contributed by atoms with Crippen LogP contribution in [0.25, 0.3) is 0 Å². The monoisotopic (exact) mass is 373 g/mol. The van der Waals surface area contributed by atoms with Gasteiger partial charge in [-0.2, -0.15) is 0 Å². The van der Waals surface area contributed by atoms with Crippen molar-refractivity contribution in [2.45, 2.75) is 32.7 Å². The van der Waals surface area contributed by atoms with Crippen LogP contribution in [0.3, 0.4) is 0 Å². The molecule has 0 fully saturated rings. The van der Waals surface area contributed by atoms with E-state index in [2.05, 4.69) is 72.1 Å². The zero-order valence-corrected chi connectivity index (χ0v) is 15.9. The third-order valence-corrected chi connectivity index (χ3v) is 5.64. The van der Waals surface area contributed by atoms with Crippen LogP contribution in [-0.4, -0.2) is 25.6 Å². The van der Waals surface area contributed by atoms with Gasteiger partial charge in [-0.15, -0.1) is 0 Å². The molecule has 1 aliphatic heterocycles. The molecule has 0 spiro atoms. The first kappa shape index (κ1) is 16.5. The second-order valence-corrected chi connectivity index (χ2v) is 7.42. The summed E-state index contributed by atoms with van der Waals surface area (Å²) in [6.45, 7) is 5.40. The molecule has 23 heavy (non-hydrogen) atoms. The molecule has 3 rings (SSSR count). The molecule has 1 heterocycles. The number of aryl methyl sites for hydroxylation is 2. The fourth-order valence-electron chi connectivity index (χ4n) is 3.54.